The number of amides is 1. The van der Waals surface area contributed by atoms with E-state index in [0.717, 1.165) is 55.7 Å². The second-order valence-corrected chi connectivity index (χ2v) is 9.76. The van der Waals surface area contributed by atoms with E-state index in [1.165, 1.54) is 11.8 Å². The molecule has 170 valence electrons. The van der Waals surface area contributed by atoms with Crippen molar-refractivity contribution < 1.29 is 4.79 Å². The van der Waals surface area contributed by atoms with Crippen molar-refractivity contribution in [3.63, 3.8) is 0 Å². The van der Waals surface area contributed by atoms with Gasteiger partial charge in [-0.3, -0.25) is 14.5 Å². The number of likely N-dealkylation sites (N-methyl/N-ethyl adjacent to an activating group) is 1. The lowest BCUT2D eigenvalue weighted by atomic mass is 10.0. The molecule has 0 unspecified atom stereocenters. The van der Waals surface area contributed by atoms with Crippen LogP contribution in [0.4, 0.5) is 5.69 Å². The summed E-state index contributed by atoms with van der Waals surface area (Å²) in [6, 6.07) is 8.09. The molecule has 2 aliphatic rings. The Morgan fingerprint density at radius 2 is 1.75 bits per heavy atom. The van der Waals surface area contributed by atoms with Crippen LogP contribution < -0.4 is 10.5 Å². The van der Waals surface area contributed by atoms with Crippen molar-refractivity contribution >= 4 is 56.9 Å². The Labute approximate surface area is 198 Å². The van der Waals surface area contributed by atoms with Gasteiger partial charge in [0.1, 0.15) is 4.32 Å². The normalized spacial score (nSPS) is 19.0. The van der Waals surface area contributed by atoms with Gasteiger partial charge in [-0.25, -0.2) is 0 Å². The van der Waals surface area contributed by atoms with Gasteiger partial charge in [-0.2, -0.15) is 0 Å². The fraction of sp³-hybridized carbons (Fsp3) is 0.458. The number of aryl methyl sites for hydroxylation is 1. The van der Waals surface area contributed by atoms with E-state index < -0.39 is 0 Å². The van der Waals surface area contributed by atoms with Gasteiger partial charge in [-0.05, 0) is 32.0 Å². The molecule has 0 spiro atoms. The second kappa shape index (κ2) is 9.77. The van der Waals surface area contributed by atoms with Gasteiger partial charge in [0.15, 0.2) is 0 Å². The van der Waals surface area contributed by atoms with Crippen molar-refractivity contribution in [3.05, 3.63) is 45.1 Å². The lowest BCUT2D eigenvalue weighted by Gasteiger charge is -2.37. The first-order valence-electron chi connectivity index (χ1n) is 11.4. The smallest absolute Gasteiger partial charge is 0.266 e. The minimum atomic E-state index is -0.0980. The monoisotopic (exact) mass is 470 g/mol. The number of carbonyl (C=O) groups excluding carboxylic acids is 1. The number of hydrogen-bond donors (Lipinski definition) is 0. The Kier molecular flexibility index (Phi) is 7.02. The van der Waals surface area contributed by atoms with Crippen molar-refractivity contribution in [2.24, 2.45) is 0 Å². The Hall–Kier alpha value is -2.16. The van der Waals surface area contributed by atoms with Gasteiger partial charge >= 0.3 is 0 Å². The van der Waals surface area contributed by atoms with Gasteiger partial charge in [0.2, 0.25) is 0 Å². The highest BCUT2D eigenvalue weighted by Gasteiger charge is 2.32. The second-order valence-electron chi connectivity index (χ2n) is 8.08. The molecule has 0 N–H and O–H groups in total. The van der Waals surface area contributed by atoms with Crippen LogP contribution in [-0.2, 0) is 11.3 Å². The molecule has 0 radical (unpaired) electrons. The van der Waals surface area contributed by atoms with Crippen LogP contribution >= 0.6 is 24.0 Å². The molecule has 0 saturated carbocycles. The average Bonchev–Trinajstić information content (AvgIpc) is 3.07. The van der Waals surface area contributed by atoms with Gasteiger partial charge < -0.3 is 14.4 Å². The number of benzene rings is 1. The summed E-state index contributed by atoms with van der Waals surface area (Å²) in [5.74, 6) is -0.0980. The molecule has 32 heavy (non-hydrogen) atoms. The van der Waals surface area contributed by atoms with E-state index in [2.05, 4.69) is 22.8 Å². The number of anilines is 1. The molecule has 2 aliphatic heterocycles. The fourth-order valence-electron chi connectivity index (χ4n) is 4.53. The molecule has 0 atom stereocenters. The molecule has 1 amide bonds. The van der Waals surface area contributed by atoms with Crippen molar-refractivity contribution in [1.29, 1.82) is 0 Å². The summed E-state index contributed by atoms with van der Waals surface area (Å²) >= 11 is 6.74. The molecule has 4 rings (SSSR count). The van der Waals surface area contributed by atoms with E-state index in [1.807, 2.05) is 32.0 Å². The molecule has 2 fully saturated rings. The van der Waals surface area contributed by atoms with Crippen LogP contribution in [0.3, 0.4) is 0 Å². The number of hydrogen-bond acceptors (Lipinski definition) is 6. The average molecular weight is 471 g/mol. The Balaban J connectivity index is 1.90. The quantitative estimate of drug-likeness (QED) is 0.473. The molecule has 8 heteroatoms. The third-order valence-electron chi connectivity index (χ3n) is 6.23. The van der Waals surface area contributed by atoms with Crippen molar-refractivity contribution in [2.75, 3.05) is 44.2 Å². The Bertz CT molecular complexity index is 1130. The van der Waals surface area contributed by atoms with Crippen LogP contribution in [0.25, 0.3) is 17.0 Å². The maximum absolute atomic E-state index is 13.7. The van der Waals surface area contributed by atoms with Gasteiger partial charge in [0.05, 0.1) is 21.7 Å². The number of aromatic nitrogens is 1. The first-order chi connectivity index (χ1) is 15.5. The summed E-state index contributed by atoms with van der Waals surface area (Å²) in [6.45, 7) is 12.0. The zero-order valence-electron chi connectivity index (χ0n) is 19.0. The standard InChI is InChI=1S/C24H30N4O2S2/c1-4-11-28-23(30)20(32-24(28)31)16-18-21(26-14-12-25(5-2)13-15-26)17-9-7-8-10-19(17)27(6-3)22(18)29/h7-10,16H,4-6,11-15H2,1-3H3. The van der Waals surface area contributed by atoms with Crippen molar-refractivity contribution in [1.82, 2.24) is 14.4 Å². The molecular weight excluding hydrogens is 440 g/mol. The van der Waals surface area contributed by atoms with E-state index in [4.69, 9.17) is 12.2 Å². The number of nitrogens with zero attached hydrogens (tertiary/aromatic N) is 4. The van der Waals surface area contributed by atoms with Gasteiger partial charge in [0, 0.05) is 44.7 Å². The van der Waals surface area contributed by atoms with Crippen LogP contribution in [0, 0.1) is 0 Å². The topological polar surface area (TPSA) is 48.8 Å². The van der Waals surface area contributed by atoms with Crippen LogP contribution in [0.1, 0.15) is 32.8 Å². The summed E-state index contributed by atoms with van der Waals surface area (Å²) in [5, 5.41) is 1.05. The molecule has 1 aromatic heterocycles. The molecule has 2 aromatic rings. The number of rotatable bonds is 6. The molecule has 2 saturated heterocycles. The Morgan fingerprint density at radius 3 is 2.41 bits per heavy atom. The molecular formula is C24H30N4O2S2. The SMILES string of the molecule is CCCN1C(=O)C(=Cc2c(N3CCN(CC)CC3)c3ccccc3n(CC)c2=O)SC1=S. The number of carbonyl (C=O) groups is 1. The molecule has 0 aliphatic carbocycles. The summed E-state index contributed by atoms with van der Waals surface area (Å²) in [5.41, 5.74) is 2.41. The van der Waals surface area contributed by atoms with Gasteiger partial charge in [-0.1, -0.05) is 56.0 Å². The van der Waals surface area contributed by atoms with E-state index in [1.54, 1.807) is 15.5 Å². The van der Waals surface area contributed by atoms with Crippen molar-refractivity contribution in [2.45, 2.75) is 33.7 Å². The minimum Gasteiger partial charge on any atom is -0.368 e. The first-order valence-corrected chi connectivity index (χ1v) is 12.6. The number of pyridine rings is 1. The fourth-order valence-corrected chi connectivity index (χ4v) is 5.82. The lowest BCUT2D eigenvalue weighted by molar-refractivity contribution is -0.122. The van der Waals surface area contributed by atoms with Gasteiger partial charge in [0.25, 0.3) is 11.5 Å². The van der Waals surface area contributed by atoms with Gasteiger partial charge in [-0.15, -0.1) is 0 Å². The predicted molar refractivity (Wildman–Crippen MR) is 138 cm³/mol. The third-order valence-corrected chi connectivity index (χ3v) is 7.61. The number of fused-ring (bicyclic) bond motifs is 1. The zero-order valence-corrected chi connectivity index (χ0v) is 20.6. The van der Waals surface area contributed by atoms with E-state index in [-0.39, 0.29) is 11.5 Å². The summed E-state index contributed by atoms with van der Waals surface area (Å²) in [4.78, 5) is 33.6. The molecule has 6 nitrogen and oxygen atoms in total. The number of thioether (sulfide) groups is 1. The van der Waals surface area contributed by atoms with E-state index in [0.29, 0.717) is 27.9 Å². The Morgan fingerprint density at radius 1 is 1.03 bits per heavy atom. The number of piperazine rings is 1. The summed E-state index contributed by atoms with van der Waals surface area (Å²) in [6.07, 6.45) is 2.63. The summed E-state index contributed by atoms with van der Waals surface area (Å²) < 4.78 is 2.37. The van der Waals surface area contributed by atoms with E-state index in [9.17, 15) is 9.59 Å². The maximum atomic E-state index is 13.7. The molecule has 0 bridgehead atoms. The van der Waals surface area contributed by atoms with Crippen LogP contribution in [0.15, 0.2) is 34.0 Å². The highest BCUT2D eigenvalue weighted by molar-refractivity contribution is 8.26. The first kappa shape index (κ1) is 23.0. The lowest BCUT2D eigenvalue weighted by Crippen LogP contribution is -2.47. The largest absolute Gasteiger partial charge is 0.368 e. The summed E-state index contributed by atoms with van der Waals surface area (Å²) in [7, 11) is 0. The van der Waals surface area contributed by atoms with Crippen LogP contribution in [0.2, 0.25) is 0 Å². The van der Waals surface area contributed by atoms with Crippen molar-refractivity contribution in [3.8, 4) is 0 Å². The highest BCUT2D eigenvalue weighted by Crippen LogP contribution is 2.36. The van der Waals surface area contributed by atoms with E-state index >= 15 is 0 Å². The minimum absolute atomic E-state index is 0.0557. The number of thiocarbonyl (C=S) groups is 1. The maximum Gasteiger partial charge on any atom is 0.266 e. The third kappa shape index (κ3) is 4.11. The molecule has 3 heterocycles. The molecule has 1 aromatic carbocycles. The zero-order chi connectivity index (χ0) is 22.8. The predicted octanol–water partition coefficient (Wildman–Crippen LogP) is 3.77. The highest BCUT2D eigenvalue weighted by atomic mass is 32.2. The van der Waals surface area contributed by atoms with Crippen LogP contribution in [0.5, 0.6) is 0 Å². The number of para-hydroxylation sites is 1. The van der Waals surface area contributed by atoms with Crippen LogP contribution in [-0.4, -0.2) is 63.9 Å².